The lowest BCUT2D eigenvalue weighted by Gasteiger charge is -2.15. The average Bonchev–Trinajstić information content (AvgIpc) is 3.07. The minimum Gasteiger partial charge on any atom is -0.356 e. The highest BCUT2D eigenvalue weighted by molar-refractivity contribution is 9.10. The molecule has 132 valence electrons. The van der Waals surface area contributed by atoms with E-state index in [0.29, 0.717) is 18.2 Å². The summed E-state index contributed by atoms with van der Waals surface area (Å²) in [5.41, 5.74) is 1.89. The number of rotatable bonds is 6. The Bertz CT molecular complexity index is 588. The quantitative estimate of drug-likeness (QED) is 0.495. The molecular formula is C17H25BrN4OS. The fourth-order valence-corrected chi connectivity index (χ4v) is 4.03. The number of aliphatic imine (C=N–C) groups is 1. The van der Waals surface area contributed by atoms with Crippen LogP contribution in [0.3, 0.4) is 0 Å². The zero-order valence-corrected chi connectivity index (χ0v) is 16.6. The van der Waals surface area contributed by atoms with Crippen LogP contribution in [0.4, 0.5) is 5.69 Å². The molecule has 1 aromatic carbocycles. The number of aryl methyl sites for hydroxylation is 1. The molecule has 1 atom stereocenters. The van der Waals surface area contributed by atoms with Crippen molar-refractivity contribution in [3.8, 4) is 0 Å². The molecule has 0 radical (unpaired) electrons. The van der Waals surface area contributed by atoms with E-state index in [1.54, 1.807) is 7.05 Å². The summed E-state index contributed by atoms with van der Waals surface area (Å²) >= 11 is 5.44. The predicted molar refractivity (Wildman–Crippen MR) is 107 cm³/mol. The van der Waals surface area contributed by atoms with Gasteiger partial charge < -0.3 is 16.0 Å². The van der Waals surface area contributed by atoms with Gasteiger partial charge in [0, 0.05) is 42.0 Å². The van der Waals surface area contributed by atoms with Gasteiger partial charge in [-0.2, -0.15) is 11.8 Å². The molecule has 2 rings (SSSR count). The van der Waals surface area contributed by atoms with Gasteiger partial charge in [0.1, 0.15) is 0 Å². The molecule has 1 aliphatic rings. The molecule has 0 bridgehead atoms. The van der Waals surface area contributed by atoms with E-state index in [4.69, 9.17) is 0 Å². The van der Waals surface area contributed by atoms with Crippen molar-refractivity contribution in [2.45, 2.75) is 31.4 Å². The summed E-state index contributed by atoms with van der Waals surface area (Å²) in [5, 5.41) is 10.1. The molecule has 1 aliphatic heterocycles. The lowest BCUT2D eigenvalue weighted by Crippen LogP contribution is -2.41. The van der Waals surface area contributed by atoms with Crippen molar-refractivity contribution in [1.29, 1.82) is 0 Å². The van der Waals surface area contributed by atoms with E-state index in [9.17, 15) is 4.79 Å². The number of nitrogens with one attached hydrogen (secondary N) is 3. The molecule has 1 unspecified atom stereocenters. The van der Waals surface area contributed by atoms with Crippen molar-refractivity contribution >= 4 is 45.2 Å². The van der Waals surface area contributed by atoms with E-state index in [-0.39, 0.29) is 5.91 Å². The first-order valence-corrected chi connectivity index (χ1v) is 10.0. The number of halogens is 1. The standard InChI is InChI=1S/C17H25BrN4OS/c1-12-5-6-13(18)10-15(12)22-16(23)7-8-20-17(19-2)21-11-14-4-3-9-24-14/h5-6,10,14H,3-4,7-9,11H2,1-2H3,(H,22,23)(H2,19,20,21). The number of carbonyl (C=O) groups is 1. The molecule has 1 saturated heterocycles. The van der Waals surface area contributed by atoms with Gasteiger partial charge in [0.15, 0.2) is 5.96 Å². The van der Waals surface area contributed by atoms with Crippen LogP contribution in [0.5, 0.6) is 0 Å². The van der Waals surface area contributed by atoms with Gasteiger partial charge in [-0.25, -0.2) is 0 Å². The maximum atomic E-state index is 12.1. The fourth-order valence-electron chi connectivity index (χ4n) is 2.47. The van der Waals surface area contributed by atoms with Gasteiger partial charge in [0.05, 0.1) is 0 Å². The van der Waals surface area contributed by atoms with Crippen molar-refractivity contribution in [3.05, 3.63) is 28.2 Å². The van der Waals surface area contributed by atoms with Gasteiger partial charge >= 0.3 is 0 Å². The van der Waals surface area contributed by atoms with Crippen molar-refractivity contribution in [2.24, 2.45) is 4.99 Å². The molecule has 1 heterocycles. The van der Waals surface area contributed by atoms with Gasteiger partial charge in [0.25, 0.3) is 0 Å². The maximum Gasteiger partial charge on any atom is 0.226 e. The van der Waals surface area contributed by atoms with E-state index >= 15 is 0 Å². The highest BCUT2D eigenvalue weighted by Gasteiger charge is 2.15. The number of guanidine groups is 1. The molecule has 0 spiro atoms. The SMILES string of the molecule is CN=C(NCCC(=O)Nc1cc(Br)ccc1C)NCC1CCCS1. The Hall–Kier alpha value is -1.21. The topological polar surface area (TPSA) is 65.5 Å². The lowest BCUT2D eigenvalue weighted by atomic mass is 10.2. The number of anilines is 1. The third-order valence-electron chi connectivity index (χ3n) is 3.86. The van der Waals surface area contributed by atoms with Crippen LogP contribution in [0.1, 0.15) is 24.8 Å². The van der Waals surface area contributed by atoms with E-state index in [2.05, 4.69) is 36.9 Å². The number of thioether (sulfide) groups is 1. The van der Waals surface area contributed by atoms with Gasteiger partial charge in [-0.05, 0) is 43.2 Å². The first-order chi connectivity index (χ1) is 11.6. The van der Waals surface area contributed by atoms with E-state index in [1.165, 1.54) is 18.6 Å². The molecule has 24 heavy (non-hydrogen) atoms. The Morgan fingerprint density at radius 1 is 1.42 bits per heavy atom. The number of nitrogens with zero attached hydrogens (tertiary/aromatic N) is 1. The highest BCUT2D eigenvalue weighted by Crippen LogP contribution is 2.25. The first-order valence-electron chi connectivity index (χ1n) is 8.20. The van der Waals surface area contributed by atoms with Gasteiger partial charge in [0.2, 0.25) is 5.91 Å². The van der Waals surface area contributed by atoms with Crippen molar-refractivity contribution < 1.29 is 4.79 Å². The second-order valence-electron chi connectivity index (χ2n) is 5.77. The minimum absolute atomic E-state index is 0.00879. The molecule has 0 aliphatic carbocycles. The van der Waals surface area contributed by atoms with Gasteiger partial charge in [-0.1, -0.05) is 22.0 Å². The number of hydrogen-bond donors (Lipinski definition) is 3. The summed E-state index contributed by atoms with van der Waals surface area (Å²) in [4.78, 5) is 16.3. The Morgan fingerprint density at radius 2 is 2.25 bits per heavy atom. The summed E-state index contributed by atoms with van der Waals surface area (Å²) in [5.74, 6) is 2.01. The molecule has 7 heteroatoms. The molecule has 1 aromatic rings. The zero-order chi connectivity index (χ0) is 17.4. The van der Waals surface area contributed by atoms with Crippen LogP contribution in [0.2, 0.25) is 0 Å². The van der Waals surface area contributed by atoms with Crippen molar-refractivity contribution in [2.75, 3.05) is 31.2 Å². The molecule has 0 aromatic heterocycles. The summed E-state index contributed by atoms with van der Waals surface area (Å²) in [6, 6.07) is 5.86. The van der Waals surface area contributed by atoms with Crippen molar-refractivity contribution in [3.63, 3.8) is 0 Å². The number of carbonyl (C=O) groups excluding carboxylic acids is 1. The van der Waals surface area contributed by atoms with E-state index in [0.717, 1.165) is 28.2 Å². The second kappa shape index (κ2) is 9.93. The Balaban J connectivity index is 1.69. The van der Waals surface area contributed by atoms with Crippen LogP contribution in [-0.2, 0) is 4.79 Å². The fraction of sp³-hybridized carbons (Fsp3) is 0.529. The Kier molecular flexibility index (Phi) is 7.91. The summed E-state index contributed by atoms with van der Waals surface area (Å²) in [6.45, 7) is 3.46. The van der Waals surface area contributed by atoms with E-state index in [1.807, 2.05) is 36.9 Å². The number of hydrogen-bond acceptors (Lipinski definition) is 3. The predicted octanol–water partition coefficient (Wildman–Crippen LogP) is 3.15. The molecule has 1 amide bonds. The third-order valence-corrected chi connectivity index (χ3v) is 5.75. The van der Waals surface area contributed by atoms with Crippen LogP contribution in [0.25, 0.3) is 0 Å². The Morgan fingerprint density at radius 3 is 2.96 bits per heavy atom. The molecule has 3 N–H and O–H groups in total. The first kappa shape index (κ1) is 19.1. The van der Waals surface area contributed by atoms with Crippen LogP contribution < -0.4 is 16.0 Å². The second-order valence-corrected chi connectivity index (χ2v) is 8.10. The van der Waals surface area contributed by atoms with Gasteiger partial charge in [-0.15, -0.1) is 0 Å². The summed E-state index contributed by atoms with van der Waals surface area (Å²) < 4.78 is 0.955. The van der Waals surface area contributed by atoms with Crippen LogP contribution >= 0.6 is 27.7 Å². The minimum atomic E-state index is -0.00879. The van der Waals surface area contributed by atoms with E-state index < -0.39 is 0 Å². The Labute approximate surface area is 156 Å². The maximum absolute atomic E-state index is 12.1. The van der Waals surface area contributed by atoms with Crippen LogP contribution in [0.15, 0.2) is 27.7 Å². The highest BCUT2D eigenvalue weighted by atomic mass is 79.9. The average molecular weight is 413 g/mol. The molecule has 5 nitrogen and oxygen atoms in total. The smallest absolute Gasteiger partial charge is 0.226 e. The third kappa shape index (κ3) is 6.36. The van der Waals surface area contributed by atoms with Crippen molar-refractivity contribution in [1.82, 2.24) is 10.6 Å². The molecular weight excluding hydrogens is 388 g/mol. The number of benzene rings is 1. The number of amides is 1. The van der Waals surface area contributed by atoms with Crippen LogP contribution in [-0.4, -0.2) is 43.0 Å². The zero-order valence-electron chi connectivity index (χ0n) is 14.2. The monoisotopic (exact) mass is 412 g/mol. The molecule has 1 fully saturated rings. The molecule has 0 saturated carbocycles. The lowest BCUT2D eigenvalue weighted by molar-refractivity contribution is -0.116. The van der Waals surface area contributed by atoms with Gasteiger partial charge in [-0.3, -0.25) is 9.79 Å². The van der Waals surface area contributed by atoms with Crippen LogP contribution in [0, 0.1) is 6.92 Å². The summed E-state index contributed by atoms with van der Waals surface area (Å²) in [7, 11) is 1.75. The normalized spacial score (nSPS) is 17.6. The summed E-state index contributed by atoms with van der Waals surface area (Å²) in [6.07, 6.45) is 2.96. The largest absolute Gasteiger partial charge is 0.356 e.